The fraction of sp³-hybridized carbons (Fsp3) is 0.118. The Labute approximate surface area is 123 Å². The summed E-state index contributed by atoms with van der Waals surface area (Å²) >= 11 is 5.92. The van der Waals surface area contributed by atoms with Crippen LogP contribution in [0.2, 0.25) is 0 Å². The van der Waals surface area contributed by atoms with Crippen LogP contribution in [0.4, 0.5) is 0 Å². The molecule has 0 saturated carbocycles. The molecule has 2 nitrogen and oxygen atoms in total. The van der Waals surface area contributed by atoms with Crippen molar-refractivity contribution in [3.8, 4) is 5.75 Å². The molecule has 0 unspecified atom stereocenters. The van der Waals surface area contributed by atoms with Crippen molar-refractivity contribution >= 4 is 22.5 Å². The zero-order valence-corrected chi connectivity index (χ0v) is 11.7. The molecule has 3 heteroatoms. The molecular formula is C17H14ClNO. The standard InChI is InChI=1S/C17H14ClNO/c18-11-14-5-1-2-9-16(14)20-12-15-7-3-6-13-8-4-10-19-17(13)15/h1-10H,11-12H2. The molecule has 0 aliphatic rings. The lowest BCUT2D eigenvalue weighted by Crippen LogP contribution is -1.99. The molecule has 1 aromatic heterocycles. The van der Waals surface area contributed by atoms with E-state index in [1.165, 1.54) is 0 Å². The summed E-state index contributed by atoms with van der Waals surface area (Å²) < 4.78 is 5.90. The second-order valence-electron chi connectivity index (χ2n) is 4.52. The summed E-state index contributed by atoms with van der Waals surface area (Å²) in [5.41, 5.74) is 3.06. The van der Waals surface area contributed by atoms with Crippen LogP contribution in [-0.2, 0) is 12.5 Å². The van der Waals surface area contributed by atoms with Crippen molar-refractivity contribution < 1.29 is 4.74 Å². The topological polar surface area (TPSA) is 22.1 Å². The highest BCUT2D eigenvalue weighted by Gasteiger charge is 2.05. The molecule has 1 heterocycles. The fourth-order valence-electron chi connectivity index (χ4n) is 2.19. The smallest absolute Gasteiger partial charge is 0.124 e. The maximum atomic E-state index is 5.92. The van der Waals surface area contributed by atoms with Gasteiger partial charge in [0.25, 0.3) is 0 Å². The number of aromatic nitrogens is 1. The summed E-state index contributed by atoms with van der Waals surface area (Å²) in [7, 11) is 0. The van der Waals surface area contributed by atoms with Gasteiger partial charge in [0.2, 0.25) is 0 Å². The van der Waals surface area contributed by atoms with E-state index >= 15 is 0 Å². The predicted molar refractivity (Wildman–Crippen MR) is 82.1 cm³/mol. The number of benzene rings is 2. The van der Waals surface area contributed by atoms with E-state index in [-0.39, 0.29) is 0 Å². The zero-order valence-electron chi connectivity index (χ0n) is 10.9. The van der Waals surface area contributed by atoms with E-state index in [0.717, 1.165) is 27.8 Å². The Balaban J connectivity index is 1.87. The lowest BCUT2D eigenvalue weighted by atomic mass is 10.1. The number of nitrogens with zero attached hydrogens (tertiary/aromatic N) is 1. The number of hydrogen-bond acceptors (Lipinski definition) is 2. The van der Waals surface area contributed by atoms with Crippen LogP contribution in [0.5, 0.6) is 5.75 Å². The molecule has 100 valence electrons. The quantitative estimate of drug-likeness (QED) is 0.655. The van der Waals surface area contributed by atoms with Crippen LogP contribution in [0, 0.1) is 0 Å². The summed E-state index contributed by atoms with van der Waals surface area (Å²) in [5, 5.41) is 1.12. The van der Waals surface area contributed by atoms with Gasteiger partial charge in [0.05, 0.1) is 11.4 Å². The molecule has 0 bridgehead atoms. The summed E-state index contributed by atoms with van der Waals surface area (Å²) in [5.74, 6) is 1.28. The van der Waals surface area contributed by atoms with E-state index in [1.807, 2.05) is 42.5 Å². The monoisotopic (exact) mass is 283 g/mol. The average molecular weight is 284 g/mol. The first kappa shape index (κ1) is 12.9. The van der Waals surface area contributed by atoms with Gasteiger partial charge in [-0.2, -0.15) is 0 Å². The molecule has 3 rings (SSSR count). The van der Waals surface area contributed by atoms with Gasteiger partial charge in [-0.3, -0.25) is 4.98 Å². The summed E-state index contributed by atoms with van der Waals surface area (Å²) in [6.45, 7) is 0.488. The van der Waals surface area contributed by atoms with Crippen molar-refractivity contribution in [2.24, 2.45) is 0 Å². The predicted octanol–water partition coefficient (Wildman–Crippen LogP) is 4.55. The Hall–Kier alpha value is -2.06. The molecular weight excluding hydrogens is 270 g/mol. The van der Waals surface area contributed by atoms with E-state index in [9.17, 15) is 0 Å². The number of halogens is 1. The fourth-order valence-corrected chi connectivity index (χ4v) is 2.42. The Bertz CT molecular complexity index is 722. The molecule has 2 aromatic carbocycles. The highest BCUT2D eigenvalue weighted by molar-refractivity contribution is 6.17. The number of pyridine rings is 1. The van der Waals surface area contributed by atoms with Crippen LogP contribution in [0.15, 0.2) is 60.8 Å². The van der Waals surface area contributed by atoms with Crippen molar-refractivity contribution in [1.29, 1.82) is 0 Å². The molecule has 20 heavy (non-hydrogen) atoms. The second-order valence-corrected chi connectivity index (χ2v) is 4.79. The third-order valence-corrected chi connectivity index (χ3v) is 3.50. The molecule has 0 fully saturated rings. The van der Waals surface area contributed by atoms with Gasteiger partial charge >= 0.3 is 0 Å². The van der Waals surface area contributed by atoms with Crippen LogP contribution in [0.3, 0.4) is 0 Å². The number of hydrogen-bond donors (Lipinski definition) is 0. The Kier molecular flexibility index (Phi) is 3.84. The van der Waals surface area contributed by atoms with Crippen molar-refractivity contribution in [2.45, 2.75) is 12.5 Å². The van der Waals surface area contributed by atoms with Crippen LogP contribution in [-0.4, -0.2) is 4.98 Å². The van der Waals surface area contributed by atoms with Crippen LogP contribution in [0.25, 0.3) is 10.9 Å². The first-order valence-electron chi connectivity index (χ1n) is 6.48. The lowest BCUT2D eigenvalue weighted by molar-refractivity contribution is 0.305. The SMILES string of the molecule is ClCc1ccccc1OCc1cccc2cccnc12. The highest BCUT2D eigenvalue weighted by Crippen LogP contribution is 2.23. The molecule has 0 aliphatic carbocycles. The van der Waals surface area contributed by atoms with Gasteiger partial charge in [-0.25, -0.2) is 0 Å². The van der Waals surface area contributed by atoms with E-state index in [4.69, 9.17) is 16.3 Å². The first-order valence-corrected chi connectivity index (χ1v) is 7.01. The highest BCUT2D eigenvalue weighted by atomic mass is 35.5. The number of rotatable bonds is 4. The number of para-hydroxylation sites is 2. The minimum absolute atomic E-state index is 0.448. The Morgan fingerprint density at radius 1 is 0.900 bits per heavy atom. The number of alkyl halides is 1. The van der Waals surface area contributed by atoms with Gasteiger partial charge in [-0.1, -0.05) is 42.5 Å². The molecule has 0 amide bonds. The zero-order chi connectivity index (χ0) is 13.8. The van der Waals surface area contributed by atoms with Gasteiger partial charge in [0, 0.05) is 22.7 Å². The molecule has 3 aromatic rings. The third kappa shape index (κ3) is 2.61. The molecule has 0 N–H and O–H groups in total. The second kappa shape index (κ2) is 5.93. The summed E-state index contributed by atoms with van der Waals surface area (Å²) in [6, 6.07) is 17.9. The van der Waals surface area contributed by atoms with Gasteiger partial charge in [-0.15, -0.1) is 11.6 Å². The van der Waals surface area contributed by atoms with E-state index in [0.29, 0.717) is 12.5 Å². The van der Waals surface area contributed by atoms with Crippen LogP contribution in [0.1, 0.15) is 11.1 Å². The maximum Gasteiger partial charge on any atom is 0.124 e. The average Bonchev–Trinajstić information content (AvgIpc) is 2.53. The van der Waals surface area contributed by atoms with Gasteiger partial charge in [0.1, 0.15) is 12.4 Å². The first-order chi connectivity index (χ1) is 9.88. The normalized spacial score (nSPS) is 10.7. The molecule has 0 atom stereocenters. The largest absolute Gasteiger partial charge is 0.488 e. The molecule has 0 saturated heterocycles. The Morgan fingerprint density at radius 2 is 1.70 bits per heavy atom. The van der Waals surface area contributed by atoms with Crippen molar-refractivity contribution in [1.82, 2.24) is 4.98 Å². The van der Waals surface area contributed by atoms with Gasteiger partial charge in [0.15, 0.2) is 0 Å². The van der Waals surface area contributed by atoms with Gasteiger partial charge in [-0.05, 0) is 12.1 Å². The summed E-state index contributed by atoms with van der Waals surface area (Å²) in [4.78, 5) is 4.43. The minimum atomic E-state index is 0.448. The molecule has 0 spiro atoms. The van der Waals surface area contributed by atoms with E-state index in [2.05, 4.69) is 17.1 Å². The van der Waals surface area contributed by atoms with Gasteiger partial charge < -0.3 is 4.74 Å². The molecule has 0 radical (unpaired) electrons. The molecule has 0 aliphatic heterocycles. The third-order valence-electron chi connectivity index (χ3n) is 3.22. The van der Waals surface area contributed by atoms with E-state index < -0.39 is 0 Å². The van der Waals surface area contributed by atoms with Crippen molar-refractivity contribution in [3.05, 3.63) is 71.9 Å². The van der Waals surface area contributed by atoms with Crippen LogP contribution < -0.4 is 4.74 Å². The summed E-state index contributed by atoms with van der Waals surface area (Å²) in [6.07, 6.45) is 1.80. The number of ether oxygens (including phenoxy) is 1. The van der Waals surface area contributed by atoms with Crippen LogP contribution >= 0.6 is 11.6 Å². The van der Waals surface area contributed by atoms with Crippen molar-refractivity contribution in [2.75, 3.05) is 0 Å². The Morgan fingerprint density at radius 3 is 2.60 bits per heavy atom. The van der Waals surface area contributed by atoms with E-state index in [1.54, 1.807) is 6.20 Å². The lowest BCUT2D eigenvalue weighted by Gasteiger charge is -2.11. The van der Waals surface area contributed by atoms with Crippen molar-refractivity contribution in [3.63, 3.8) is 0 Å². The maximum absolute atomic E-state index is 5.92. The minimum Gasteiger partial charge on any atom is -0.488 e. The number of fused-ring (bicyclic) bond motifs is 1.